The maximum atomic E-state index is 14.5. The number of hydrogen-bond donors (Lipinski definition) is 3. The van der Waals surface area contributed by atoms with Gasteiger partial charge in [0.25, 0.3) is 0 Å². The van der Waals surface area contributed by atoms with E-state index in [4.69, 9.17) is 4.74 Å². The first-order valence-corrected chi connectivity index (χ1v) is 10.9. The second-order valence-electron chi connectivity index (χ2n) is 8.55. The fourth-order valence-corrected chi connectivity index (χ4v) is 3.88. The summed E-state index contributed by atoms with van der Waals surface area (Å²) in [5.41, 5.74) is 0.815. The maximum Gasteiger partial charge on any atom is 0.522 e. The minimum absolute atomic E-state index is 0.0255. The molecule has 0 aromatic carbocycles. The number of halogens is 4. The Kier molecular flexibility index (Phi) is 6.97. The third-order valence-electron chi connectivity index (χ3n) is 5.38. The smallest absolute Gasteiger partial charge is 0.443 e. The molecule has 1 aliphatic rings. The number of hydrogen-bond acceptors (Lipinski definition) is 8. The Bertz CT molecular complexity index is 1280. The van der Waals surface area contributed by atoms with Crippen molar-refractivity contribution in [3.8, 4) is 6.07 Å². The van der Waals surface area contributed by atoms with E-state index < -0.39 is 31.3 Å². The number of carbonyl (C=O) groups is 1. The molecule has 4 rings (SSSR count). The predicted molar refractivity (Wildman–Crippen MR) is 116 cm³/mol. The van der Waals surface area contributed by atoms with E-state index in [9.17, 15) is 27.6 Å². The second-order valence-corrected chi connectivity index (χ2v) is 8.55. The second kappa shape index (κ2) is 9.97. The number of alkyl carbamates (subject to hydrolysis) is 1. The van der Waals surface area contributed by atoms with Gasteiger partial charge in [-0.15, -0.1) is 13.2 Å². The molecule has 1 aliphatic carbocycles. The third kappa shape index (κ3) is 6.00. The molecule has 3 aromatic heterocycles. The van der Waals surface area contributed by atoms with E-state index in [1.54, 1.807) is 19.9 Å². The van der Waals surface area contributed by atoms with Crippen molar-refractivity contribution in [3.05, 3.63) is 35.4 Å². The zero-order valence-electron chi connectivity index (χ0n) is 19.1. The SMILES string of the molecule is CC(C)NC(=O)O[C@H]1C[C@@H](c2cc(Nc3nc(C#N)cn4nc(COC(F)(F)F)cc34)n[nH]2)C[C@H]1F. The van der Waals surface area contributed by atoms with Gasteiger partial charge in [-0.2, -0.15) is 15.5 Å². The van der Waals surface area contributed by atoms with Crippen molar-refractivity contribution >= 4 is 23.2 Å². The molecule has 15 heteroatoms. The molecular formula is C21H22F4N8O3. The van der Waals surface area contributed by atoms with Crippen LogP contribution in [0, 0.1) is 11.3 Å². The Morgan fingerprint density at radius 3 is 2.83 bits per heavy atom. The lowest BCUT2D eigenvalue weighted by atomic mass is 10.0. The number of H-pyrrole nitrogens is 1. The van der Waals surface area contributed by atoms with Crippen LogP contribution in [0.15, 0.2) is 18.3 Å². The summed E-state index contributed by atoms with van der Waals surface area (Å²) in [6.45, 7) is 2.71. The Labute approximate surface area is 201 Å². The minimum Gasteiger partial charge on any atom is -0.443 e. The lowest BCUT2D eigenvalue weighted by Crippen LogP contribution is -2.35. The maximum absolute atomic E-state index is 14.5. The molecule has 36 heavy (non-hydrogen) atoms. The van der Waals surface area contributed by atoms with Crippen molar-refractivity contribution in [2.45, 2.75) is 63.9 Å². The zero-order valence-corrected chi connectivity index (χ0v) is 19.1. The number of alkyl halides is 4. The molecule has 11 nitrogen and oxygen atoms in total. The lowest BCUT2D eigenvalue weighted by Gasteiger charge is -2.16. The highest BCUT2D eigenvalue weighted by Crippen LogP contribution is 2.38. The van der Waals surface area contributed by atoms with Gasteiger partial charge in [0.05, 0.1) is 11.9 Å². The van der Waals surface area contributed by atoms with Crippen molar-refractivity contribution < 1.29 is 31.8 Å². The highest BCUT2D eigenvalue weighted by atomic mass is 19.4. The molecule has 192 valence electrons. The molecule has 0 spiro atoms. The number of ether oxygens (including phenoxy) is 2. The molecule has 0 unspecified atom stereocenters. The first-order valence-electron chi connectivity index (χ1n) is 10.9. The van der Waals surface area contributed by atoms with Crippen LogP contribution in [0.4, 0.5) is 34.0 Å². The Balaban J connectivity index is 1.48. The van der Waals surface area contributed by atoms with Gasteiger partial charge in [-0.05, 0) is 32.8 Å². The van der Waals surface area contributed by atoms with Crippen LogP contribution in [0.25, 0.3) is 5.52 Å². The predicted octanol–water partition coefficient (Wildman–Crippen LogP) is 3.82. The molecule has 1 fully saturated rings. The normalized spacial score (nSPS) is 20.0. The quantitative estimate of drug-likeness (QED) is 0.407. The molecule has 0 radical (unpaired) electrons. The fraction of sp³-hybridized carbons (Fsp3) is 0.476. The van der Waals surface area contributed by atoms with E-state index >= 15 is 0 Å². The number of fused-ring (bicyclic) bond motifs is 1. The largest absolute Gasteiger partial charge is 0.522 e. The van der Waals surface area contributed by atoms with Crippen molar-refractivity contribution in [2.75, 3.05) is 5.32 Å². The minimum atomic E-state index is -4.82. The number of nitriles is 1. The topological polar surface area (TPSA) is 142 Å². The summed E-state index contributed by atoms with van der Waals surface area (Å²) < 4.78 is 61.9. The number of nitrogens with one attached hydrogen (secondary N) is 3. The van der Waals surface area contributed by atoms with Gasteiger partial charge in [0, 0.05) is 23.7 Å². The summed E-state index contributed by atoms with van der Waals surface area (Å²) in [7, 11) is 0. The van der Waals surface area contributed by atoms with Gasteiger partial charge in [0.1, 0.15) is 30.5 Å². The van der Waals surface area contributed by atoms with Crippen LogP contribution in [0.1, 0.15) is 49.7 Å². The van der Waals surface area contributed by atoms with E-state index in [1.807, 2.05) is 6.07 Å². The third-order valence-corrected chi connectivity index (χ3v) is 5.38. The number of aromatic nitrogens is 5. The molecule has 0 aliphatic heterocycles. The van der Waals surface area contributed by atoms with Crippen LogP contribution in [0.5, 0.6) is 0 Å². The highest BCUT2D eigenvalue weighted by molar-refractivity contribution is 5.73. The molecule has 3 heterocycles. The summed E-state index contributed by atoms with van der Waals surface area (Å²) in [5.74, 6) is 0.111. The van der Waals surface area contributed by atoms with Gasteiger partial charge in [-0.3, -0.25) is 9.84 Å². The molecule has 0 saturated heterocycles. The standard InChI is InChI=1S/C21H22F4N8O3/c1-10(2)27-20(34)36-17-4-11(3-14(17)22)15-6-18(31-30-15)29-19-16-5-12(9-35-21(23,24)25)32-33(16)8-13(7-26)28-19/h5-6,8,10-11,14,17H,3-4,9H2,1-2H3,(H,27,34)(H2,28,29,30,31)/t11-,14+,17-/m0/s1. The van der Waals surface area contributed by atoms with E-state index in [2.05, 4.69) is 35.7 Å². The van der Waals surface area contributed by atoms with Crippen LogP contribution in [-0.2, 0) is 16.1 Å². The van der Waals surface area contributed by atoms with Crippen molar-refractivity contribution in [2.24, 2.45) is 0 Å². The monoisotopic (exact) mass is 510 g/mol. The zero-order chi connectivity index (χ0) is 26.0. The summed E-state index contributed by atoms with van der Waals surface area (Å²) >= 11 is 0. The Morgan fingerprint density at radius 2 is 2.14 bits per heavy atom. The highest BCUT2D eigenvalue weighted by Gasteiger charge is 2.39. The molecule has 3 aromatic rings. The number of carbonyl (C=O) groups excluding carboxylic acids is 1. The number of nitrogens with zero attached hydrogens (tertiary/aromatic N) is 5. The Hall–Kier alpha value is -3.93. The van der Waals surface area contributed by atoms with Crippen LogP contribution in [0.3, 0.4) is 0 Å². The number of amides is 1. The van der Waals surface area contributed by atoms with Gasteiger partial charge >= 0.3 is 12.5 Å². The van der Waals surface area contributed by atoms with Crippen LogP contribution >= 0.6 is 0 Å². The van der Waals surface area contributed by atoms with Gasteiger partial charge in [-0.25, -0.2) is 18.7 Å². The van der Waals surface area contributed by atoms with E-state index in [-0.39, 0.29) is 53.3 Å². The average molecular weight is 510 g/mol. The average Bonchev–Trinajstić information content (AvgIpc) is 3.50. The van der Waals surface area contributed by atoms with Gasteiger partial charge < -0.3 is 15.4 Å². The number of rotatable bonds is 7. The van der Waals surface area contributed by atoms with Crippen molar-refractivity contribution in [3.63, 3.8) is 0 Å². The molecule has 3 atom stereocenters. The van der Waals surface area contributed by atoms with Gasteiger partial charge in [0.2, 0.25) is 0 Å². The Morgan fingerprint density at radius 1 is 1.36 bits per heavy atom. The molecular weight excluding hydrogens is 488 g/mol. The van der Waals surface area contributed by atoms with Crippen LogP contribution < -0.4 is 10.6 Å². The van der Waals surface area contributed by atoms with Gasteiger partial charge in [0.15, 0.2) is 17.3 Å². The number of anilines is 2. The molecule has 3 N–H and O–H groups in total. The summed E-state index contributed by atoms with van der Waals surface area (Å²) in [6.07, 6.45) is -6.09. The van der Waals surface area contributed by atoms with Gasteiger partial charge in [-0.1, -0.05) is 0 Å². The van der Waals surface area contributed by atoms with Crippen LogP contribution in [-0.4, -0.2) is 55.6 Å². The summed E-state index contributed by atoms with van der Waals surface area (Å²) in [4.78, 5) is 16.0. The van der Waals surface area contributed by atoms with Crippen molar-refractivity contribution in [1.82, 2.24) is 30.1 Å². The first kappa shape index (κ1) is 25.2. The molecule has 1 amide bonds. The summed E-state index contributed by atoms with van der Waals surface area (Å²) in [6, 6.07) is 4.68. The summed E-state index contributed by atoms with van der Waals surface area (Å²) in [5, 5.41) is 25.7. The number of aromatic amines is 1. The van der Waals surface area contributed by atoms with Crippen LogP contribution in [0.2, 0.25) is 0 Å². The van der Waals surface area contributed by atoms with E-state index in [0.717, 1.165) is 0 Å². The van der Waals surface area contributed by atoms with Crippen molar-refractivity contribution in [1.29, 1.82) is 5.26 Å². The van der Waals surface area contributed by atoms with E-state index in [0.29, 0.717) is 5.69 Å². The lowest BCUT2D eigenvalue weighted by molar-refractivity contribution is -0.330. The van der Waals surface area contributed by atoms with E-state index in [1.165, 1.54) is 16.8 Å². The fourth-order valence-electron chi connectivity index (χ4n) is 3.88. The first-order chi connectivity index (χ1) is 17.0. The molecule has 1 saturated carbocycles. The molecule has 0 bridgehead atoms.